The third-order valence-electron chi connectivity index (χ3n) is 5.53. The van der Waals surface area contributed by atoms with Gasteiger partial charge in [0.25, 0.3) is 0 Å². The van der Waals surface area contributed by atoms with Crippen LogP contribution in [0, 0.1) is 0 Å². The summed E-state index contributed by atoms with van der Waals surface area (Å²) in [5.41, 5.74) is 2.60. The molecular formula is C29H22ClNO4. The Balaban J connectivity index is 1.39. The van der Waals surface area contributed by atoms with Crippen LogP contribution in [0.3, 0.4) is 0 Å². The minimum absolute atomic E-state index is 0.223. The molecule has 0 saturated carbocycles. The first kappa shape index (κ1) is 22.7. The van der Waals surface area contributed by atoms with Gasteiger partial charge in [-0.15, -0.1) is 0 Å². The molecule has 5 rings (SSSR count). The molecule has 4 aromatic carbocycles. The summed E-state index contributed by atoms with van der Waals surface area (Å²) in [6.07, 6.45) is 1.68. The van der Waals surface area contributed by atoms with Crippen molar-refractivity contribution in [3.05, 3.63) is 112 Å². The van der Waals surface area contributed by atoms with Crippen LogP contribution in [0.5, 0.6) is 11.5 Å². The third-order valence-corrected chi connectivity index (χ3v) is 5.90. The van der Waals surface area contributed by atoms with Gasteiger partial charge >= 0.3 is 5.97 Å². The van der Waals surface area contributed by atoms with Crippen LogP contribution in [-0.2, 0) is 16.1 Å². The molecule has 5 nitrogen and oxygen atoms in total. The molecule has 0 N–H and O–H groups in total. The number of halogens is 1. The molecule has 174 valence electrons. The molecule has 0 fully saturated rings. The van der Waals surface area contributed by atoms with E-state index in [-0.39, 0.29) is 11.6 Å². The van der Waals surface area contributed by atoms with E-state index in [1.54, 1.807) is 6.08 Å². The summed E-state index contributed by atoms with van der Waals surface area (Å²) in [5, 5.41) is 2.80. The van der Waals surface area contributed by atoms with Gasteiger partial charge in [0.15, 0.2) is 17.2 Å². The van der Waals surface area contributed by atoms with E-state index in [9.17, 15) is 4.79 Å². The van der Waals surface area contributed by atoms with Gasteiger partial charge in [0, 0.05) is 16.1 Å². The van der Waals surface area contributed by atoms with Crippen LogP contribution in [0.25, 0.3) is 16.8 Å². The van der Waals surface area contributed by atoms with E-state index in [1.165, 1.54) is 0 Å². The fourth-order valence-electron chi connectivity index (χ4n) is 3.79. The zero-order valence-electron chi connectivity index (χ0n) is 19.0. The third kappa shape index (κ3) is 5.05. The van der Waals surface area contributed by atoms with Gasteiger partial charge in [0.1, 0.15) is 6.61 Å². The summed E-state index contributed by atoms with van der Waals surface area (Å²) < 4.78 is 17.2. The zero-order chi connectivity index (χ0) is 24.2. The Morgan fingerprint density at radius 2 is 1.69 bits per heavy atom. The number of hydrogen-bond donors (Lipinski definition) is 0. The Morgan fingerprint density at radius 1 is 0.886 bits per heavy atom. The predicted molar refractivity (Wildman–Crippen MR) is 138 cm³/mol. The average molecular weight is 484 g/mol. The first-order valence-electron chi connectivity index (χ1n) is 11.3. The van der Waals surface area contributed by atoms with Crippen molar-refractivity contribution < 1.29 is 19.0 Å². The number of nitrogens with zero attached hydrogens (tertiary/aromatic N) is 1. The molecule has 0 unspecified atom stereocenters. The van der Waals surface area contributed by atoms with E-state index in [0.717, 1.165) is 27.5 Å². The zero-order valence-corrected chi connectivity index (χ0v) is 19.8. The standard InChI is InChI=1S/C29H22ClNO4/c1-2-33-27-16-19(11-14-26(27)34-18-23-9-5-6-10-24(23)30)15-25-29(32)35-28(31-25)22-13-12-20-7-3-4-8-21(20)17-22/h3-17H,2,18H2,1H3/b25-15-. The highest BCUT2D eigenvalue weighted by atomic mass is 35.5. The normalized spacial score (nSPS) is 14.2. The number of fused-ring (bicyclic) bond motifs is 1. The maximum atomic E-state index is 12.5. The molecule has 0 spiro atoms. The number of cyclic esters (lactones) is 1. The molecule has 0 saturated heterocycles. The van der Waals surface area contributed by atoms with E-state index < -0.39 is 5.97 Å². The van der Waals surface area contributed by atoms with Crippen LogP contribution in [0.2, 0.25) is 5.02 Å². The van der Waals surface area contributed by atoms with Gasteiger partial charge in [0.05, 0.1) is 6.61 Å². The largest absolute Gasteiger partial charge is 0.490 e. The van der Waals surface area contributed by atoms with Crippen LogP contribution in [0.1, 0.15) is 23.6 Å². The summed E-state index contributed by atoms with van der Waals surface area (Å²) in [7, 11) is 0. The summed E-state index contributed by atoms with van der Waals surface area (Å²) in [4.78, 5) is 17.0. The van der Waals surface area contributed by atoms with Gasteiger partial charge in [-0.25, -0.2) is 9.79 Å². The number of benzene rings is 4. The van der Waals surface area contributed by atoms with Crippen molar-refractivity contribution in [1.82, 2.24) is 0 Å². The molecule has 0 radical (unpaired) electrons. The average Bonchev–Trinajstić information content (AvgIpc) is 3.24. The second-order valence-corrected chi connectivity index (χ2v) is 8.32. The summed E-state index contributed by atoms with van der Waals surface area (Å²) in [5.74, 6) is 0.948. The topological polar surface area (TPSA) is 57.1 Å². The predicted octanol–water partition coefficient (Wildman–Crippen LogP) is 6.82. The maximum absolute atomic E-state index is 12.5. The van der Waals surface area contributed by atoms with Crippen molar-refractivity contribution in [3.63, 3.8) is 0 Å². The van der Waals surface area contributed by atoms with E-state index in [2.05, 4.69) is 4.99 Å². The Hall–Kier alpha value is -4.09. The van der Waals surface area contributed by atoms with Gasteiger partial charge < -0.3 is 14.2 Å². The summed E-state index contributed by atoms with van der Waals surface area (Å²) in [6, 6.07) is 26.8. The number of ether oxygens (including phenoxy) is 3. The monoisotopic (exact) mass is 483 g/mol. The molecule has 0 atom stereocenters. The smallest absolute Gasteiger partial charge is 0.363 e. The molecule has 1 aliphatic rings. The fourth-order valence-corrected chi connectivity index (χ4v) is 3.98. The van der Waals surface area contributed by atoms with Crippen LogP contribution < -0.4 is 9.47 Å². The molecule has 0 aliphatic carbocycles. The van der Waals surface area contributed by atoms with Gasteiger partial charge in [-0.1, -0.05) is 66.2 Å². The van der Waals surface area contributed by atoms with Crippen LogP contribution in [0.15, 0.2) is 95.6 Å². The van der Waals surface area contributed by atoms with Gasteiger partial charge in [-0.05, 0) is 59.7 Å². The van der Waals surface area contributed by atoms with Crippen molar-refractivity contribution in [2.75, 3.05) is 6.61 Å². The lowest BCUT2D eigenvalue weighted by molar-refractivity contribution is -0.129. The number of esters is 1. The molecule has 0 bridgehead atoms. The Labute approximate surface area is 208 Å². The lowest BCUT2D eigenvalue weighted by Crippen LogP contribution is -2.05. The number of carbonyl (C=O) groups excluding carboxylic acids is 1. The molecule has 0 aromatic heterocycles. The highest BCUT2D eigenvalue weighted by molar-refractivity contribution is 6.31. The number of carbonyl (C=O) groups is 1. The summed E-state index contributed by atoms with van der Waals surface area (Å²) >= 11 is 6.23. The van der Waals surface area contributed by atoms with E-state index >= 15 is 0 Å². The summed E-state index contributed by atoms with van der Waals surface area (Å²) in [6.45, 7) is 2.68. The molecule has 0 amide bonds. The minimum Gasteiger partial charge on any atom is -0.490 e. The Morgan fingerprint density at radius 3 is 2.51 bits per heavy atom. The Bertz CT molecular complexity index is 1470. The maximum Gasteiger partial charge on any atom is 0.363 e. The Kier molecular flexibility index (Phi) is 6.51. The van der Waals surface area contributed by atoms with Crippen molar-refractivity contribution >= 4 is 40.3 Å². The molecule has 1 aliphatic heterocycles. The SMILES string of the molecule is CCOc1cc(/C=C2\N=C(c3ccc4ccccc4c3)OC2=O)ccc1OCc1ccccc1Cl. The first-order chi connectivity index (χ1) is 17.1. The van der Waals surface area contributed by atoms with Crippen molar-refractivity contribution in [1.29, 1.82) is 0 Å². The van der Waals surface area contributed by atoms with E-state index in [0.29, 0.717) is 29.7 Å². The van der Waals surface area contributed by atoms with Crippen LogP contribution in [0.4, 0.5) is 0 Å². The molecule has 35 heavy (non-hydrogen) atoms. The van der Waals surface area contributed by atoms with Gasteiger partial charge in [0.2, 0.25) is 5.90 Å². The highest BCUT2D eigenvalue weighted by Gasteiger charge is 2.24. The number of rotatable bonds is 7. The molecular weight excluding hydrogens is 462 g/mol. The minimum atomic E-state index is -0.495. The lowest BCUT2D eigenvalue weighted by atomic mass is 10.1. The first-order valence-corrected chi connectivity index (χ1v) is 11.6. The lowest BCUT2D eigenvalue weighted by Gasteiger charge is -2.13. The van der Waals surface area contributed by atoms with Crippen LogP contribution in [-0.4, -0.2) is 18.5 Å². The fraction of sp³-hybridized carbons (Fsp3) is 0.103. The second kappa shape index (κ2) is 10.0. The molecule has 1 heterocycles. The van der Waals surface area contributed by atoms with Crippen molar-refractivity contribution in [2.45, 2.75) is 13.5 Å². The van der Waals surface area contributed by atoms with Gasteiger partial charge in [-0.2, -0.15) is 0 Å². The quantitative estimate of drug-likeness (QED) is 0.214. The van der Waals surface area contributed by atoms with Crippen molar-refractivity contribution in [3.8, 4) is 11.5 Å². The second-order valence-electron chi connectivity index (χ2n) is 7.92. The molecule has 6 heteroatoms. The van der Waals surface area contributed by atoms with E-state index in [4.69, 9.17) is 25.8 Å². The van der Waals surface area contributed by atoms with Crippen molar-refractivity contribution in [2.24, 2.45) is 4.99 Å². The number of hydrogen-bond acceptors (Lipinski definition) is 5. The molecule has 4 aromatic rings. The van der Waals surface area contributed by atoms with Gasteiger partial charge in [-0.3, -0.25) is 0 Å². The number of aliphatic imine (C=N–C) groups is 1. The van der Waals surface area contributed by atoms with E-state index in [1.807, 2.05) is 91.9 Å². The highest BCUT2D eigenvalue weighted by Crippen LogP contribution is 2.31. The van der Waals surface area contributed by atoms with Crippen LogP contribution >= 0.6 is 11.6 Å².